The summed E-state index contributed by atoms with van der Waals surface area (Å²) in [6.45, 7) is 6.44. The second-order valence-electron chi connectivity index (χ2n) is 4.06. The number of aromatic nitrogens is 1. The predicted molar refractivity (Wildman–Crippen MR) is 65.0 cm³/mol. The number of halogens is 1. The van der Waals surface area contributed by atoms with Crippen LogP contribution in [0.25, 0.3) is 0 Å². The van der Waals surface area contributed by atoms with Crippen molar-refractivity contribution in [2.45, 2.75) is 19.6 Å². The van der Waals surface area contributed by atoms with Crippen LogP contribution in [0.1, 0.15) is 5.56 Å². The Bertz CT molecular complexity index is 448. The van der Waals surface area contributed by atoms with Crippen LogP contribution in [0.3, 0.4) is 0 Å². The van der Waals surface area contributed by atoms with Gasteiger partial charge in [-0.15, -0.1) is 5.54 Å². The van der Waals surface area contributed by atoms with E-state index in [-0.39, 0.29) is 5.56 Å². The largest absolute Gasteiger partial charge is 0.327 e. The van der Waals surface area contributed by atoms with Gasteiger partial charge in [-0.3, -0.25) is 4.79 Å². The van der Waals surface area contributed by atoms with E-state index >= 15 is 0 Å². The van der Waals surface area contributed by atoms with Crippen LogP contribution in [0, 0.1) is 11.5 Å². The Hall–Kier alpha value is -0.793. The van der Waals surface area contributed by atoms with Crippen LogP contribution in [0.5, 0.6) is 0 Å². The molecule has 0 fully saturated rings. The molecule has 0 aromatic carbocycles. The summed E-state index contributed by atoms with van der Waals surface area (Å²) in [4.78, 5) is 13.9. The second kappa shape index (κ2) is 4.16. The Morgan fingerprint density at radius 3 is 2.64 bits per heavy atom. The predicted octanol–water partition coefficient (Wildman–Crippen LogP) is 2.37. The molecule has 0 amide bonds. The molecule has 0 unspecified atom stereocenters. The lowest BCUT2D eigenvalue weighted by atomic mass is 10.3. The van der Waals surface area contributed by atoms with Crippen molar-refractivity contribution in [1.29, 1.82) is 0 Å². The topological polar surface area (TPSA) is 32.9 Å². The fraction of sp³-hybridized carbons (Fsp3) is 0.300. The highest BCUT2D eigenvalue weighted by Gasteiger charge is 2.07. The van der Waals surface area contributed by atoms with Crippen LogP contribution in [-0.4, -0.2) is 13.1 Å². The van der Waals surface area contributed by atoms with Gasteiger partial charge in [0.15, 0.2) is 0 Å². The molecule has 74 valence electrons. The quantitative estimate of drug-likeness (QED) is 0.569. The van der Waals surface area contributed by atoms with Gasteiger partial charge in [-0.1, -0.05) is 25.6 Å². The molecular weight excluding hydrogens is 258 g/mol. The molecule has 14 heavy (non-hydrogen) atoms. The first-order valence-electron chi connectivity index (χ1n) is 4.30. The molecule has 1 rings (SSSR count). The van der Waals surface area contributed by atoms with Crippen LogP contribution in [-0.2, 0) is 0 Å². The fourth-order valence-electron chi connectivity index (χ4n) is 0.805. The van der Waals surface area contributed by atoms with Gasteiger partial charge in [-0.05, 0) is 22.0 Å². The minimum Gasteiger partial charge on any atom is -0.327 e. The number of nitrogens with one attached hydrogen (secondary N) is 1. The molecule has 1 aromatic rings. The summed E-state index contributed by atoms with van der Waals surface area (Å²) in [5.41, 5.74) is 3.56. The van der Waals surface area contributed by atoms with Gasteiger partial charge in [0.25, 0.3) is 5.56 Å². The summed E-state index contributed by atoms with van der Waals surface area (Å²) in [5, 5.41) is 0. The average molecular weight is 270 g/mol. The zero-order valence-corrected chi connectivity index (χ0v) is 11.0. The molecule has 0 aliphatic heterocycles. The summed E-state index contributed by atoms with van der Waals surface area (Å²) in [6, 6.07) is 1.74. The maximum Gasteiger partial charge on any atom is 0.263 e. The van der Waals surface area contributed by atoms with E-state index in [1.165, 1.54) is 0 Å². The van der Waals surface area contributed by atoms with Crippen molar-refractivity contribution in [3.8, 4) is 11.5 Å². The number of H-pyrrole nitrogens is 1. The highest BCUT2D eigenvalue weighted by Crippen LogP contribution is 2.06. The van der Waals surface area contributed by atoms with Gasteiger partial charge in [0.05, 0.1) is 5.56 Å². The van der Waals surface area contributed by atoms with E-state index in [2.05, 4.69) is 52.0 Å². The Morgan fingerprint density at radius 2 is 2.07 bits per heavy atom. The first kappa shape index (κ1) is 11.3. The van der Waals surface area contributed by atoms with Crippen molar-refractivity contribution in [3.63, 3.8) is 0 Å². The highest BCUT2D eigenvalue weighted by molar-refractivity contribution is 9.10. The van der Waals surface area contributed by atoms with Crippen molar-refractivity contribution >= 4 is 24.0 Å². The average Bonchev–Trinajstić information content (AvgIpc) is 2.05. The molecule has 4 heteroatoms. The number of rotatable bonds is 0. The normalized spacial score (nSPS) is 10.6. The molecule has 0 atom stereocenters. The second-order valence-corrected chi connectivity index (χ2v) is 9.73. The van der Waals surface area contributed by atoms with E-state index in [1.54, 1.807) is 12.3 Å². The lowest BCUT2D eigenvalue weighted by Gasteiger charge is -2.03. The zero-order chi connectivity index (χ0) is 10.8. The molecule has 0 aliphatic rings. The van der Waals surface area contributed by atoms with Crippen molar-refractivity contribution in [1.82, 2.24) is 4.98 Å². The van der Waals surface area contributed by atoms with Crippen LogP contribution >= 0.6 is 15.9 Å². The molecule has 2 nitrogen and oxygen atoms in total. The van der Waals surface area contributed by atoms with Crippen molar-refractivity contribution in [2.75, 3.05) is 0 Å². The first-order chi connectivity index (χ1) is 6.38. The van der Waals surface area contributed by atoms with Crippen molar-refractivity contribution in [2.24, 2.45) is 0 Å². The minimum absolute atomic E-state index is 0.126. The third kappa shape index (κ3) is 3.52. The lowest BCUT2D eigenvalue weighted by molar-refractivity contribution is 1.21. The van der Waals surface area contributed by atoms with Gasteiger partial charge >= 0.3 is 0 Å². The smallest absolute Gasteiger partial charge is 0.263 e. The SMILES string of the molecule is C[Si](C)(C)C#Cc1cc(Br)c[nH]c1=O. The zero-order valence-electron chi connectivity index (χ0n) is 8.44. The summed E-state index contributed by atoms with van der Waals surface area (Å²) < 4.78 is 0.844. The summed E-state index contributed by atoms with van der Waals surface area (Å²) in [7, 11) is -1.41. The van der Waals surface area contributed by atoms with E-state index in [9.17, 15) is 4.79 Å². The maximum absolute atomic E-state index is 11.3. The fourth-order valence-corrected chi connectivity index (χ4v) is 1.66. The highest BCUT2D eigenvalue weighted by atomic mass is 79.9. The lowest BCUT2D eigenvalue weighted by Crippen LogP contribution is -2.17. The molecule has 0 saturated carbocycles. The number of pyridine rings is 1. The Kier molecular flexibility index (Phi) is 3.35. The summed E-state index contributed by atoms with van der Waals surface area (Å²) in [5.74, 6) is 2.93. The van der Waals surface area contributed by atoms with Crippen LogP contribution < -0.4 is 5.56 Å². The Labute approximate surface area is 92.9 Å². The van der Waals surface area contributed by atoms with Crippen molar-refractivity contribution < 1.29 is 0 Å². The van der Waals surface area contributed by atoms with Gasteiger partial charge in [0.2, 0.25) is 0 Å². The molecule has 0 spiro atoms. The van der Waals surface area contributed by atoms with Gasteiger partial charge in [-0.2, -0.15) is 0 Å². The standard InChI is InChI=1S/C10H12BrNOSi/c1-14(2,3)5-4-8-6-9(11)7-12-10(8)13/h6-7H,1-3H3,(H,12,13). The van der Waals surface area contributed by atoms with Crippen molar-refractivity contribution in [3.05, 3.63) is 32.7 Å². The van der Waals surface area contributed by atoms with E-state index in [0.717, 1.165) is 4.47 Å². The van der Waals surface area contributed by atoms with Gasteiger partial charge in [-0.25, -0.2) is 0 Å². The van der Waals surface area contributed by atoms with Gasteiger partial charge in [0.1, 0.15) is 8.07 Å². The van der Waals surface area contributed by atoms with Gasteiger partial charge < -0.3 is 4.98 Å². The summed E-state index contributed by atoms with van der Waals surface area (Å²) >= 11 is 3.29. The van der Waals surface area contributed by atoms with Crippen LogP contribution in [0.15, 0.2) is 21.5 Å². The molecule has 0 saturated heterocycles. The molecule has 0 bridgehead atoms. The van der Waals surface area contributed by atoms with E-state index < -0.39 is 8.07 Å². The maximum atomic E-state index is 11.3. The monoisotopic (exact) mass is 269 g/mol. The number of hydrogen-bond donors (Lipinski definition) is 1. The van der Waals surface area contributed by atoms with E-state index in [0.29, 0.717) is 5.56 Å². The Morgan fingerprint density at radius 1 is 1.43 bits per heavy atom. The molecule has 1 N–H and O–H groups in total. The van der Waals surface area contributed by atoms with Crippen LogP contribution in [0.4, 0.5) is 0 Å². The van der Waals surface area contributed by atoms with Crippen LogP contribution in [0.2, 0.25) is 19.6 Å². The third-order valence-corrected chi connectivity index (χ3v) is 2.77. The first-order valence-corrected chi connectivity index (χ1v) is 8.59. The Balaban J connectivity index is 3.13. The molecule has 1 aromatic heterocycles. The van der Waals surface area contributed by atoms with Gasteiger partial charge in [0, 0.05) is 10.7 Å². The van der Waals surface area contributed by atoms with E-state index in [4.69, 9.17) is 0 Å². The molecule has 1 heterocycles. The molecular formula is C10H12BrNOSi. The third-order valence-electron chi connectivity index (χ3n) is 1.44. The number of hydrogen-bond acceptors (Lipinski definition) is 1. The summed E-state index contributed by atoms with van der Waals surface area (Å²) in [6.07, 6.45) is 1.61. The number of aromatic amines is 1. The molecule has 0 aliphatic carbocycles. The van der Waals surface area contributed by atoms with E-state index in [1.807, 2.05) is 0 Å². The minimum atomic E-state index is -1.41. The molecule has 0 radical (unpaired) electrons.